The van der Waals surface area contributed by atoms with Gasteiger partial charge in [0, 0.05) is 18.9 Å². The molecule has 0 aromatic heterocycles. The first-order chi connectivity index (χ1) is 8.25. The maximum Gasteiger partial charge on any atom is 0.223 e. The lowest BCUT2D eigenvalue weighted by Gasteiger charge is -2.12. The van der Waals surface area contributed by atoms with Gasteiger partial charge in [0.2, 0.25) is 5.91 Å². The molecule has 0 aliphatic heterocycles. The molecule has 3 heteroatoms. The molecule has 0 aromatic rings. The Hall–Kier alpha value is -1.38. The topological polar surface area (TPSA) is 46.2 Å². The Balaban J connectivity index is 1.69. The Labute approximate surface area is 102 Å². The Bertz CT molecular complexity index is 362. The SMILES string of the molecule is O=C1C=CC=C(CCNC(=O)C2CCCC2)C1. The highest BCUT2D eigenvalue weighted by atomic mass is 16.1. The summed E-state index contributed by atoms with van der Waals surface area (Å²) >= 11 is 0. The van der Waals surface area contributed by atoms with Crippen molar-refractivity contribution in [2.24, 2.45) is 5.92 Å². The highest BCUT2D eigenvalue weighted by molar-refractivity contribution is 5.93. The minimum Gasteiger partial charge on any atom is -0.356 e. The van der Waals surface area contributed by atoms with Gasteiger partial charge in [0.1, 0.15) is 0 Å². The summed E-state index contributed by atoms with van der Waals surface area (Å²) in [6.45, 7) is 0.655. The molecule has 2 aliphatic rings. The molecule has 1 fully saturated rings. The lowest BCUT2D eigenvalue weighted by Crippen LogP contribution is -2.30. The van der Waals surface area contributed by atoms with Crippen molar-refractivity contribution in [3.8, 4) is 0 Å². The fourth-order valence-corrected chi connectivity index (χ4v) is 2.48. The van der Waals surface area contributed by atoms with E-state index in [0.29, 0.717) is 13.0 Å². The van der Waals surface area contributed by atoms with Gasteiger partial charge in [0.05, 0.1) is 0 Å². The van der Waals surface area contributed by atoms with Crippen molar-refractivity contribution in [1.82, 2.24) is 5.32 Å². The van der Waals surface area contributed by atoms with Gasteiger partial charge in [-0.15, -0.1) is 0 Å². The first kappa shape index (κ1) is 12.1. The standard InChI is InChI=1S/C14H19NO2/c16-13-7-3-4-11(10-13)8-9-15-14(17)12-5-1-2-6-12/h3-4,7,12H,1-2,5-6,8-10H2,(H,15,17). The van der Waals surface area contributed by atoms with Crippen LogP contribution in [0, 0.1) is 5.92 Å². The number of amides is 1. The molecule has 0 heterocycles. The summed E-state index contributed by atoms with van der Waals surface area (Å²) in [5.41, 5.74) is 1.12. The van der Waals surface area contributed by atoms with Crippen LogP contribution in [0.4, 0.5) is 0 Å². The molecule has 0 bridgehead atoms. The molecular formula is C14H19NO2. The second kappa shape index (κ2) is 5.80. The molecule has 2 rings (SSSR count). The minimum atomic E-state index is 0.157. The lowest BCUT2D eigenvalue weighted by atomic mass is 10.0. The van der Waals surface area contributed by atoms with Crippen molar-refractivity contribution in [3.63, 3.8) is 0 Å². The van der Waals surface area contributed by atoms with E-state index in [1.165, 1.54) is 12.8 Å². The van der Waals surface area contributed by atoms with Gasteiger partial charge in [-0.25, -0.2) is 0 Å². The van der Waals surface area contributed by atoms with E-state index in [4.69, 9.17) is 0 Å². The molecule has 0 spiro atoms. The smallest absolute Gasteiger partial charge is 0.223 e. The molecule has 0 unspecified atom stereocenters. The van der Waals surface area contributed by atoms with Gasteiger partial charge < -0.3 is 5.32 Å². The molecule has 1 amide bonds. The van der Waals surface area contributed by atoms with Gasteiger partial charge in [0.15, 0.2) is 5.78 Å². The Morgan fingerprint density at radius 1 is 1.35 bits per heavy atom. The number of carbonyl (C=O) groups is 2. The average Bonchev–Trinajstić information content (AvgIpc) is 2.82. The van der Waals surface area contributed by atoms with E-state index in [-0.39, 0.29) is 17.6 Å². The zero-order valence-electron chi connectivity index (χ0n) is 10.1. The van der Waals surface area contributed by atoms with Crippen LogP contribution in [0.1, 0.15) is 38.5 Å². The molecular weight excluding hydrogens is 214 g/mol. The van der Waals surface area contributed by atoms with Crippen molar-refractivity contribution in [2.45, 2.75) is 38.5 Å². The summed E-state index contributed by atoms with van der Waals surface area (Å²) in [4.78, 5) is 22.9. The van der Waals surface area contributed by atoms with Crippen molar-refractivity contribution in [2.75, 3.05) is 6.54 Å². The summed E-state index contributed by atoms with van der Waals surface area (Å²) in [5, 5.41) is 2.97. The number of hydrogen-bond acceptors (Lipinski definition) is 2. The Morgan fingerprint density at radius 3 is 2.82 bits per heavy atom. The van der Waals surface area contributed by atoms with E-state index in [2.05, 4.69) is 5.32 Å². The Morgan fingerprint density at radius 2 is 2.12 bits per heavy atom. The van der Waals surface area contributed by atoms with E-state index >= 15 is 0 Å². The fourth-order valence-electron chi connectivity index (χ4n) is 2.48. The van der Waals surface area contributed by atoms with Gasteiger partial charge in [-0.05, 0) is 25.3 Å². The first-order valence-electron chi connectivity index (χ1n) is 6.42. The zero-order valence-corrected chi connectivity index (χ0v) is 10.1. The van der Waals surface area contributed by atoms with E-state index in [1.54, 1.807) is 12.2 Å². The monoisotopic (exact) mass is 233 g/mol. The molecule has 17 heavy (non-hydrogen) atoms. The van der Waals surface area contributed by atoms with E-state index in [0.717, 1.165) is 24.8 Å². The number of carbonyl (C=O) groups excluding carboxylic acids is 2. The molecule has 1 saturated carbocycles. The molecule has 0 aromatic carbocycles. The highest BCUT2D eigenvalue weighted by Gasteiger charge is 2.22. The van der Waals surface area contributed by atoms with Crippen molar-refractivity contribution in [1.29, 1.82) is 0 Å². The van der Waals surface area contributed by atoms with Gasteiger partial charge in [0.25, 0.3) is 0 Å². The maximum absolute atomic E-state index is 11.7. The summed E-state index contributed by atoms with van der Waals surface area (Å²) in [6.07, 6.45) is 11.1. The molecule has 92 valence electrons. The average molecular weight is 233 g/mol. The van der Waals surface area contributed by atoms with Crippen LogP contribution in [0.2, 0.25) is 0 Å². The van der Waals surface area contributed by atoms with Gasteiger partial charge in [-0.1, -0.05) is 30.6 Å². The molecule has 0 atom stereocenters. The molecule has 2 aliphatic carbocycles. The van der Waals surface area contributed by atoms with Crippen LogP contribution in [-0.2, 0) is 9.59 Å². The molecule has 0 saturated heterocycles. The van der Waals surface area contributed by atoms with E-state index < -0.39 is 0 Å². The van der Waals surface area contributed by atoms with E-state index in [1.807, 2.05) is 6.08 Å². The predicted octanol–water partition coefficient (Wildman–Crippen LogP) is 2.14. The molecule has 3 nitrogen and oxygen atoms in total. The summed E-state index contributed by atoms with van der Waals surface area (Å²) < 4.78 is 0. The van der Waals surface area contributed by atoms with Crippen molar-refractivity contribution < 1.29 is 9.59 Å². The van der Waals surface area contributed by atoms with Crippen molar-refractivity contribution in [3.05, 3.63) is 23.8 Å². The number of allylic oxidation sites excluding steroid dienone is 3. The third-order valence-corrected chi connectivity index (χ3v) is 3.49. The van der Waals surface area contributed by atoms with Crippen LogP contribution in [-0.4, -0.2) is 18.2 Å². The second-order valence-corrected chi connectivity index (χ2v) is 4.85. The summed E-state index contributed by atoms with van der Waals surface area (Å²) in [6, 6.07) is 0. The predicted molar refractivity (Wildman–Crippen MR) is 66.4 cm³/mol. The van der Waals surface area contributed by atoms with Crippen LogP contribution in [0.15, 0.2) is 23.8 Å². The van der Waals surface area contributed by atoms with E-state index in [9.17, 15) is 9.59 Å². The number of nitrogens with one attached hydrogen (secondary N) is 1. The molecule has 0 radical (unpaired) electrons. The number of rotatable bonds is 4. The van der Waals surface area contributed by atoms with Crippen molar-refractivity contribution >= 4 is 11.7 Å². The fraction of sp³-hybridized carbons (Fsp3) is 0.571. The normalized spacial score (nSPS) is 20.5. The van der Waals surface area contributed by atoms with Gasteiger partial charge in [-0.3, -0.25) is 9.59 Å². The Kier molecular flexibility index (Phi) is 4.13. The van der Waals surface area contributed by atoms with Gasteiger partial charge in [-0.2, -0.15) is 0 Å². The number of ketones is 1. The van der Waals surface area contributed by atoms with Crippen LogP contribution in [0.5, 0.6) is 0 Å². The van der Waals surface area contributed by atoms with Crippen LogP contribution in [0.25, 0.3) is 0 Å². The quantitative estimate of drug-likeness (QED) is 0.808. The minimum absolute atomic E-state index is 0.157. The largest absolute Gasteiger partial charge is 0.356 e. The number of hydrogen-bond donors (Lipinski definition) is 1. The van der Waals surface area contributed by atoms with Crippen LogP contribution < -0.4 is 5.32 Å². The van der Waals surface area contributed by atoms with Gasteiger partial charge >= 0.3 is 0 Å². The second-order valence-electron chi connectivity index (χ2n) is 4.85. The summed E-state index contributed by atoms with van der Waals surface area (Å²) in [5.74, 6) is 0.585. The molecule has 1 N–H and O–H groups in total. The third kappa shape index (κ3) is 3.55. The summed E-state index contributed by atoms with van der Waals surface area (Å²) in [7, 11) is 0. The van der Waals surface area contributed by atoms with Crippen LogP contribution >= 0.6 is 0 Å². The third-order valence-electron chi connectivity index (χ3n) is 3.49. The lowest BCUT2D eigenvalue weighted by molar-refractivity contribution is -0.124. The van der Waals surface area contributed by atoms with Crippen LogP contribution in [0.3, 0.4) is 0 Å². The zero-order chi connectivity index (χ0) is 12.1. The maximum atomic E-state index is 11.7. The first-order valence-corrected chi connectivity index (χ1v) is 6.42. The highest BCUT2D eigenvalue weighted by Crippen LogP contribution is 2.24.